The minimum atomic E-state index is -0.0929. The van der Waals surface area contributed by atoms with Gasteiger partial charge in [-0.1, -0.05) is 76.2 Å². The largest absolute Gasteiger partial charge is 0.463 e. The first-order valence-corrected chi connectivity index (χ1v) is 9.77. The summed E-state index contributed by atoms with van der Waals surface area (Å²) in [6, 6.07) is 0. The first kappa shape index (κ1) is 22.9. The first-order chi connectivity index (χ1) is 11.8. The molecule has 24 heavy (non-hydrogen) atoms. The van der Waals surface area contributed by atoms with Gasteiger partial charge in [0.25, 0.3) is 0 Å². The number of methoxy groups -OCH3 is 1. The molecule has 0 aromatic carbocycles. The Morgan fingerprint density at radius 1 is 0.792 bits per heavy atom. The summed E-state index contributed by atoms with van der Waals surface area (Å²) < 4.78 is 9.87. The van der Waals surface area contributed by atoms with Gasteiger partial charge >= 0.3 is 5.97 Å². The molecule has 0 aliphatic carbocycles. The Kier molecular flexibility index (Phi) is 19.0. The molecule has 0 saturated heterocycles. The molecular weight excluding hydrogens is 300 g/mol. The van der Waals surface area contributed by atoms with Crippen LogP contribution >= 0.6 is 0 Å². The fourth-order valence-electron chi connectivity index (χ4n) is 2.42. The van der Waals surface area contributed by atoms with E-state index in [1.807, 2.05) is 0 Å². The summed E-state index contributed by atoms with van der Waals surface area (Å²) in [5.41, 5.74) is 0. The normalized spacial score (nSPS) is 11.6. The molecule has 0 N–H and O–H groups in total. The molecule has 0 aromatic rings. The number of hydrogen-bond acceptors (Lipinski definition) is 3. The van der Waals surface area contributed by atoms with Gasteiger partial charge in [0, 0.05) is 13.5 Å². The molecule has 0 saturated carbocycles. The summed E-state index contributed by atoms with van der Waals surface area (Å²) in [5, 5.41) is 0. The highest BCUT2D eigenvalue weighted by Crippen LogP contribution is 2.11. The molecule has 0 radical (unpaired) electrons. The molecule has 0 unspecified atom stereocenters. The van der Waals surface area contributed by atoms with Crippen LogP contribution in [0, 0.1) is 0 Å². The van der Waals surface area contributed by atoms with Gasteiger partial charge in [-0.3, -0.25) is 4.79 Å². The van der Waals surface area contributed by atoms with Gasteiger partial charge in [-0.15, -0.1) is 0 Å². The molecule has 0 aromatic heterocycles. The highest BCUT2D eigenvalue weighted by Gasteiger charge is 2.01. The summed E-state index contributed by atoms with van der Waals surface area (Å²) in [5.74, 6) is -0.0929. The number of unbranched alkanes of at least 4 members (excludes halogenated alkanes) is 9. The number of rotatable bonds is 17. The lowest BCUT2D eigenvalue weighted by molar-refractivity contribution is -0.145. The number of esters is 1. The number of carbonyl (C=O) groups excluding carboxylic acids is 1. The van der Waals surface area contributed by atoms with Gasteiger partial charge in [0.2, 0.25) is 0 Å². The topological polar surface area (TPSA) is 35.5 Å². The summed E-state index contributed by atoms with van der Waals surface area (Å²) in [6.07, 6.45) is 22.9. The van der Waals surface area contributed by atoms with Crippen molar-refractivity contribution < 1.29 is 14.3 Å². The van der Waals surface area contributed by atoms with Crippen molar-refractivity contribution in [3.63, 3.8) is 0 Å². The van der Waals surface area contributed by atoms with Crippen molar-refractivity contribution in [3.05, 3.63) is 24.3 Å². The average Bonchev–Trinajstić information content (AvgIpc) is 2.58. The fourth-order valence-corrected chi connectivity index (χ4v) is 2.42. The highest BCUT2D eigenvalue weighted by molar-refractivity contribution is 5.69. The van der Waals surface area contributed by atoms with Gasteiger partial charge < -0.3 is 9.47 Å². The Labute approximate surface area is 149 Å². The second-order valence-electron chi connectivity index (χ2n) is 6.23. The van der Waals surface area contributed by atoms with Gasteiger partial charge in [0.1, 0.15) is 6.61 Å². The molecule has 0 heterocycles. The second-order valence-corrected chi connectivity index (χ2v) is 6.23. The van der Waals surface area contributed by atoms with E-state index in [1.54, 1.807) is 7.11 Å². The Balaban J connectivity index is 3.18. The average molecular weight is 339 g/mol. The lowest BCUT2D eigenvalue weighted by Crippen LogP contribution is -2.09. The van der Waals surface area contributed by atoms with E-state index < -0.39 is 0 Å². The lowest BCUT2D eigenvalue weighted by Gasteiger charge is -2.04. The third-order valence-electron chi connectivity index (χ3n) is 3.89. The molecule has 0 aliphatic rings. The predicted octanol–water partition coefficient (Wildman–Crippen LogP) is 5.99. The van der Waals surface area contributed by atoms with E-state index in [0.29, 0.717) is 19.6 Å². The van der Waals surface area contributed by atoms with Gasteiger partial charge in [-0.25, -0.2) is 0 Å². The van der Waals surface area contributed by atoms with Crippen LogP contribution in [0.2, 0.25) is 0 Å². The molecule has 0 bridgehead atoms. The van der Waals surface area contributed by atoms with E-state index in [2.05, 4.69) is 31.2 Å². The van der Waals surface area contributed by atoms with Crippen molar-refractivity contribution in [1.29, 1.82) is 0 Å². The SMILES string of the molecule is CCCC=CC=CCCCCCCCCCCC(=O)OCCOC. The summed E-state index contributed by atoms with van der Waals surface area (Å²) in [4.78, 5) is 11.4. The maximum absolute atomic E-state index is 11.4. The first-order valence-electron chi connectivity index (χ1n) is 9.77. The van der Waals surface area contributed by atoms with E-state index in [1.165, 1.54) is 57.8 Å². The minimum absolute atomic E-state index is 0.0929. The summed E-state index contributed by atoms with van der Waals surface area (Å²) in [7, 11) is 1.61. The van der Waals surface area contributed by atoms with Crippen LogP contribution in [0.15, 0.2) is 24.3 Å². The third kappa shape index (κ3) is 19.0. The van der Waals surface area contributed by atoms with E-state index in [-0.39, 0.29) is 5.97 Å². The van der Waals surface area contributed by atoms with Crippen molar-refractivity contribution in [2.75, 3.05) is 20.3 Å². The monoisotopic (exact) mass is 338 g/mol. The van der Waals surface area contributed by atoms with Crippen molar-refractivity contribution in [3.8, 4) is 0 Å². The Bertz CT molecular complexity index is 321. The zero-order valence-corrected chi connectivity index (χ0v) is 15.9. The van der Waals surface area contributed by atoms with Crippen LogP contribution in [0.25, 0.3) is 0 Å². The lowest BCUT2D eigenvalue weighted by atomic mass is 10.1. The third-order valence-corrected chi connectivity index (χ3v) is 3.89. The van der Waals surface area contributed by atoms with E-state index in [4.69, 9.17) is 9.47 Å². The predicted molar refractivity (Wildman–Crippen MR) is 102 cm³/mol. The highest BCUT2D eigenvalue weighted by atomic mass is 16.6. The molecule has 0 aliphatic heterocycles. The van der Waals surface area contributed by atoms with Crippen LogP contribution in [-0.2, 0) is 14.3 Å². The molecule has 3 heteroatoms. The van der Waals surface area contributed by atoms with Gasteiger partial charge in [0.05, 0.1) is 6.61 Å². The minimum Gasteiger partial charge on any atom is -0.463 e. The number of allylic oxidation sites excluding steroid dienone is 4. The Hall–Kier alpha value is -1.09. The molecule has 0 atom stereocenters. The van der Waals surface area contributed by atoms with Crippen molar-refractivity contribution in [1.82, 2.24) is 0 Å². The van der Waals surface area contributed by atoms with Crippen LogP contribution in [-0.4, -0.2) is 26.3 Å². The van der Waals surface area contributed by atoms with Gasteiger partial charge in [-0.2, -0.15) is 0 Å². The van der Waals surface area contributed by atoms with Crippen molar-refractivity contribution in [2.45, 2.75) is 84.0 Å². The molecule has 0 rings (SSSR count). The summed E-state index contributed by atoms with van der Waals surface area (Å²) >= 11 is 0. The quantitative estimate of drug-likeness (QED) is 0.186. The van der Waals surface area contributed by atoms with Crippen molar-refractivity contribution in [2.24, 2.45) is 0 Å². The summed E-state index contributed by atoms with van der Waals surface area (Å²) in [6.45, 7) is 3.06. The number of ether oxygens (including phenoxy) is 2. The number of carbonyl (C=O) groups is 1. The smallest absolute Gasteiger partial charge is 0.305 e. The van der Waals surface area contributed by atoms with Crippen LogP contribution in [0.1, 0.15) is 84.0 Å². The van der Waals surface area contributed by atoms with Crippen molar-refractivity contribution >= 4 is 5.97 Å². The van der Waals surface area contributed by atoms with Crippen LogP contribution in [0.3, 0.4) is 0 Å². The molecule has 0 amide bonds. The maximum atomic E-state index is 11.4. The second kappa shape index (κ2) is 20.0. The Morgan fingerprint density at radius 3 is 2.00 bits per heavy atom. The molecule has 140 valence electrons. The van der Waals surface area contributed by atoms with E-state index >= 15 is 0 Å². The Morgan fingerprint density at radius 2 is 1.38 bits per heavy atom. The maximum Gasteiger partial charge on any atom is 0.305 e. The zero-order chi connectivity index (χ0) is 17.7. The van der Waals surface area contributed by atoms with E-state index in [0.717, 1.165) is 12.8 Å². The molecular formula is C21H38O3. The molecule has 3 nitrogen and oxygen atoms in total. The van der Waals surface area contributed by atoms with Gasteiger partial charge in [-0.05, 0) is 25.7 Å². The zero-order valence-electron chi connectivity index (χ0n) is 15.9. The molecule has 0 spiro atoms. The van der Waals surface area contributed by atoms with Crippen LogP contribution in [0.5, 0.6) is 0 Å². The number of hydrogen-bond donors (Lipinski definition) is 0. The standard InChI is InChI=1S/C21H38O3/c1-3-4-5-6-7-8-9-10-11-12-13-14-15-16-17-18-21(22)24-20-19-23-2/h5-8H,3-4,9-20H2,1-2H3. The fraction of sp³-hybridized carbons (Fsp3) is 0.762. The van der Waals surface area contributed by atoms with Gasteiger partial charge in [0.15, 0.2) is 0 Å². The molecule has 0 fully saturated rings. The van der Waals surface area contributed by atoms with E-state index in [9.17, 15) is 4.79 Å². The van der Waals surface area contributed by atoms with Crippen LogP contribution < -0.4 is 0 Å². The van der Waals surface area contributed by atoms with Crippen LogP contribution in [0.4, 0.5) is 0 Å².